The molecule has 3 N–H and O–H groups in total. The molecule has 0 aliphatic heterocycles. The quantitative estimate of drug-likeness (QED) is 0.305. The first-order valence-electron chi connectivity index (χ1n) is 5.83. The van der Waals surface area contributed by atoms with Crippen molar-refractivity contribution >= 4 is 0 Å². The molecule has 0 bridgehead atoms. The van der Waals surface area contributed by atoms with Crippen LogP contribution in [0.15, 0.2) is 37.1 Å². The van der Waals surface area contributed by atoms with Crippen LogP contribution < -0.4 is 11.3 Å². The first kappa shape index (κ1) is 12.9. The molecule has 1 atom stereocenters. The van der Waals surface area contributed by atoms with E-state index in [2.05, 4.69) is 23.1 Å². The molecule has 0 aliphatic rings. The molecule has 0 saturated carbocycles. The molecular weight excluding hydrogens is 198 g/mol. The monoisotopic (exact) mass is 219 g/mol. The summed E-state index contributed by atoms with van der Waals surface area (Å²) >= 11 is 0. The number of hydrogen-bond donors (Lipinski definition) is 2. The van der Waals surface area contributed by atoms with E-state index in [4.69, 9.17) is 5.84 Å². The van der Waals surface area contributed by atoms with Gasteiger partial charge in [-0.3, -0.25) is 16.3 Å². The molecule has 0 spiro atoms. The van der Waals surface area contributed by atoms with Gasteiger partial charge in [0.25, 0.3) is 0 Å². The average molecular weight is 219 g/mol. The smallest absolute Gasteiger partial charge is 0.0404 e. The summed E-state index contributed by atoms with van der Waals surface area (Å²) in [4.78, 5) is 4.30. The van der Waals surface area contributed by atoms with Crippen molar-refractivity contribution in [3.63, 3.8) is 0 Å². The molecular formula is C13H21N3. The van der Waals surface area contributed by atoms with E-state index in [9.17, 15) is 0 Å². The second-order valence-electron chi connectivity index (χ2n) is 3.94. The van der Waals surface area contributed by atoms with E-state index < -0.39 is 0 Å². The number of hydrogen-bond acceptors (Lipinski definition) is 3. The normalized spacial score (nSPS) is 12.3. The second kappa shape index (κ2) is 8.02. The highest BCUT2D eigenvalue weighted by Gasteiger charge is 2.06. The van der Waals surface area contributed by atoms with Gasteiger partial charge in [0.1, 0.15) is 0 Å². The van der Waals surface area contributed by atoms with Crippen LogP contribution in [-0.4, -0.2) is 11.0 Å². The molecule has 1 aromatic rings. The Morgan fingerprint density at radius 1 is 1.44 bits per heavy atom. The number of unbranched alkanes of at least 4 members (excludes halogenated alkanes) is 1. The molecule has 88 valence electrons. The molecule has 1 heterocycles. The van der Waals surface area contributed by atoms with E-state index >= 15 is 0 Å². The Bertz CT molecular complexity index is 284. The average Bonchev–Trinajstić information content (AvgIpc) is 2.35. The number of nitrogens with one attached hydrogen (secondary N) is 1. The maximum Gasteiger partial charge on any atom is 0.0404 e. The van der Waals surface area contributed by atoms with Gasteiger partial charge in [0, 0.05) is 17.9 Å². The van der Waals surface area contributed by atoms with E-state index in [0.717, 1.165) is 37.8 Å². The molecule has 1 aromatic heterocycles. The van der Waals surface area contributed by atoms with Crippen molar-refractivity contribution in [1.29, 1.82) is 0 Å². The van der Waals surface area contributed by atoms with Crippen molar-refractivity contribution in [1.82, 2.24) is 10.4 Å². The summed E-state index contributed by atoms with van der Waals surface area (Å²) in [6.07, 6.45) is 9.08. The Kier molecular flexibility index (Phi) is 6.45. The highest BCUT2D eigenvalue weighted by molar-refractivity contribution is 5.03. The Hall–Kier alpha value is -1.19. The number of hydrazine groups is 1. The molecule has 3 heteroatoms. The molecule has 0 fully saturated rings. The maximum absolute atomic E-state index is 5.52. The van der Waals surface area contributed by atoms with Gasteiger partial charge in [-0.1, -0.05) is 12.1 Å². The number of pyridine rings is 1. The van der Waals surface area contributed by atoms with Crippen LogP contribution in [0.5, 0.6) is 0 Å². The van der Waals surface area contributed by atoms with Crippen molar-refractivity contribution in [2.24, 2.45) is 5.84 Å². The van der Waals surface area contributed by atoms with Gasteiger partial charge in [-0.05, 0) is 44.2 Å². The number of aryl methyl sites for hydroxylation is 1. The highest BCUT2D eigenvalue weighted by atomic mass is 15.2. The number of allylic oxidation sites excluding steroid dienone is 1. The molecule has 0 aromatic carbocycles. The first-order valence-corrected chi connectivity index (χ1v) is 5.83. The molecule has 0 amide bonds. The summed E-state index contributed by atoms with van der Waals surface area (Å²) in [5.41, 5.74) is 4.00. The van der Waals surface area contributed by atoms with Crippen LogP contribution >= 0.6 is 0 Å². The first-order chi connectivity index (χ1) is 7.86. The molecule has 3 nitrogen and oxygen atoms in total. The van der Waals surface area contributed by atoms with Crippen LogP contribution in [0.1, 0.15) is 31.4 Å². The molecule has 1 rings (SSSR count). The lowest BCUT2D eigenvalue weighted by Crippen LogP contribution is -2.35. The largest absolute Gasteiger partial charge is 0.271 e. The lowest BCUT2D eigenvalue weighted by molar-refractivity contribution is 0.451. The minimum atomic E-state index is 0.377. The summed E-state index contributed by atoms with van der Waals surface area (Å²) < 4.78 is 0. The van der Waals surface area contributed by atoms with Gasteiger partial charge in [-0.2, -0.15) is 0 Å². The van der Waals surface area contributed by atoms with Crippen LogP contribution in [0.3, 0.4) is 0 Å². The van der Waals surface area contributed by atoms with Crippen LogP contribution in [0.25, 0.3) is 0 Å². The van der Waals surface area contributed by atoms with Crippen molar-refractivity contribution in [3.05, 3.63) is 42.7 Å². The summed E-state index contributed by atoms with van der Waals surface area (Å²) in [6.45, 7) is 3.72. The fourth-order valence-electron chi connectivity index (χ4n) is 1.69. The van der Waals surface area contributed by atoms with Gasteiger partial charge in [0.15, 0.2) is 0 Å². The van der Waals surface area contributed by atoms with Crippen molar-refractivity contribution in [2.75, 3.05) is 0 Å². The molecule has 0 aliphatic carbocycles. The van der Waals surface area contributed by atoms with Crippen molar-refractivity contribution < 1.29 is 0 Å². The second-order valence-corrected chi connectivity index (χ2v) is 3.94. The van der Waals surface area contributed by atoms with E-state index in [1.807, 2.05) is 24.4 Å². The Morgan fingerprint density at radius 2 is 2.31 bits per heavy atom. The lowest BCUT2D eigenvalue weighted by atomic mass is 10.0. The predicted octanol–water partition coefficient (Wildman–Crippen LogP) is 2.20. The zero-order valence-corrected chi connectivity index (χ0v) is 9.73. The van der Waals surface area contributed by atoms with Crippen LogP contribution in [-0.2, 0) is 6.42 Å². The van der Waals surface area contributed by atoms with E-state index in [-0.39, 0.29) is 0 Å². The summed E-state index contributed by atoms with van der Waals surface area (Å²) in [5, 5.41) is 0. The van der Waals surface area contributed by atoms with E-state index in [1.54, 1.807) is 0 Å². The molecule has 1 unspecified atom stereocenters. The third-order valence-electron chi connectivity index (χ3n) is 2.67. The maximum atomic E-state index is 5.52. The zero-order chi connectivity index (χ0) is 11.6. The third kappa shape index (κ3) is 5.05. The number of rotatable bonds is 8. The fraction of sp³-hybridized carbons (Fsp3) is 0.462. The Labute approximate surface area is 97.7 Å². The van der Waals surface area contributed by atoms with Crippen molar-refractivity contribution in [3.8, 4) is 0 Å². The molecule has 0 radical (unpaired) electrons. The van der Waals surface area contributed by atoms with Crippen molar-refractivity contribution in [2.45, 2.75) is 38.1 Å². The van der Waals surface area contributed by atoms with Gasteiger partial charge < -0.3 is 0 Å². The topological polar surface area (TPSA) is 50.9 Å². The Balaban J connectivity index is 2.25. The van der Waals surface area contributed by atoms with Gasteiger partial charge in [0.2, 0.25) is 0 Å². The van der Waals surface area contributed by atoms with E-state index in [0.29, 0.717) is 6.04 Å². The molecule has 16 heavy (non-hydrogen) atoms. The Morgan fingerprint density at radius 3 is 2.94 bits per heavy atom. The number of aromatic nitrogens is 1. The summed E-state index contributed by atoms with van der Waals surface area (Å²) in [7, 11) is 0. The van der Waals surface area contributed by atoms with Gasteiger partial charge in [0.05, 0.1) is 0 Å². The highest BCUT2D eigenvalue weighted by Crippen LogP contribution is 2.08. The van der Waals surface area contributed by atoms with E-state index in [1.165, 1.54) is 0 Å². The predicted molar refractivity (Wildman–Crippen MR) is 67.7 cm³/mol. The number of nitrogens with two attached hydrogens (primary N) is 1. The van der Waals surface area contributed by atoms with Crippen LogP contribution in [0.2, 0.25) is 0 Å². The lowest BCUT2D eigenvalue weighted by Gasteiger charge is -2.14. The summed E-state index contributed by atoms with van der Waals surface area (Å²) in [5.74, 6) is 5.52. The number of nitrogens with zero attached hydrogens (tertiary/aromatic N) is 1. The van der Waals surface area contributed by atoms with Crippen LogP contribution in [0, 0.1) is 0 Å². The third-order valence-corrected chi connectivity index (χ3v) is 2.67. The standard InChI is InChI=1S/C13H21N3/c1-2-3-4-8-13(16-14)10-9-12-7-5-6-11-15-12/h2,5-7,11,13,16H,1,3-4,8-10,14H2. The fourth-order valence-corrected chi connectivity index (χ4v) is 1.69. The minimum absolute atomic E-state index is 0.377. The van der Waals surface area contributed by atoms with Gasteiger partial charge in [-0.15, -0.1) is 6.58 Å². The van der Waals surface area contributed by atoms with Gasteiger partial charge >= 0.3 is 0 Å². The molecule has 0 saturated heterocycles. The summed E-state index contributed by atoms with van der Waals surface area (Å²) in [6, 6.07) is 6.39. The minimum Gasteiger partial charge on any atom is -0.271 e. The zero-order valence-electron chi connectivity index (χ0n) is 9.73. The SMILES string of the molecule is C=CCCCC(CCc1ccccn1)NN. The van der Waals surface area contributed by atoms with Crippen LogP contribution in [0.4, 0.5) is 0 Å². The van der Waals surface area contributed by atoms with Gasteiger partial charge in [-0.25, -0.2) is 0 Å².